The number of carbonyl (C=O) groups is 2. The maximum absolute atomic E-state index is 14.7. The van der Waals surface area contributed by atoms with Crippen LogP contribution in [0.25, 0.3) is 0 Å². The molecule has 48 heavy (non-hydrogen) atoms. The molecule has 0 saturated heterocycles. The molecular formula is C27H23ClF13NO6. The molecule has 0 aliphatic carbocycles. The zero-order valence-corrected chi connectivity index (χ0v) is 24.7. The highest BCUT2D eigenvalue weighted by molar-refractivity contribution is 6.32. The maximum atomic E-state index is 14.7. The first-order valence-electron chi connectivity index (χ1n) is 13.1. The van der Waals surface area contributed by atoms with E-state index in [-0.39, 0.29) is 23.8 Å². The predicted octanol–water partition coefficient (Wildman–Crippen LogP) is 7.99. The molecule has 0 heterocycles. The second-order valence-electron chi connectivity index (χ2n) is 9.70. The number of benzene rings is 2. The smallest absolute Gasteiger partial charge is 0.460 e. The van der Waals surface area contributed by atoms with E-state index in [1.165, 1.54) is 36.4 Å². The first-order chi connectivity index (χ1) is 21.8. The number of ether oxygens (including phenoxy) is 3. The number of carbonyl (C=O) groups excluding carboxylic acids is 1. The third-order valence-corrected chi connectivity index (χ3v) is 6.61. The summed E-state index contributed by atoms with van der Waals surface area (Å²) in [7, 11) is 0. The van der Waals surface area contributed by atoms with Crippen molar-refractivity contribution in [3.63, 3.8) is 0 Å². The number of rotatable bonds is 16. The largest absolute Gasteiger partial charge is 0.492 e. The van der Waals surface area contributed by atoms with Gasteiger partial charge in [0.25, 0.3) is 0 Å². The van der Waals surface area contributed by atoms with Crippen LogP contribution in [0, 0.1) is 0 Å². The van der Waals surface area contributed by atoms with Crippen LogP contribution in [0.5, 0.6) is 11.5 Å². The topological polar surface area (TPSA) is 85.3 Å². The van der Waals surface area contributed by atoms with E-state index in [1.807, 2.05) is 0 Å². The number of hydrogen-bond donors (Lipinski definition) is 1. The first-order valence-corrected chi connectivity index (χ1v) is 13.4. The Morgan fingerprint density at radius 1 is 0.812 bits per heavy atom. The molecule has 1 N–H and O–H groups in total. The second-order valence-corrected chi connectivity index (χ2v) is 10.1. The lowest BCUT2D eigenvalue weighted by molar-refractivity contribution is -0.440. The van der Waals surface area contributed by atoms with Gasteiger partial charge in [-0.25, -0.2) is 9.59 Å². The van der Waals surface area contributed by atoms with Crippen molar-refractivity contribution in [2.75, 3.05) is 26.3 Å². The molecule has 2 rings (SSSR count). The molecule has 270 valence electrons. The van der Waals surface area contributed by atoms with Gasteiger partial charge in [0.15, 0.2) is 11.9 Å². The van der Waals surface area contributed by atoms with E-state index in [0.717, 1.165) is 12.1 Å². The quantitative estimate of drug-likeness (QED) is 0.176. The van der Waals surface area contributed by atoms with Crippen LogP contribution in [0.15, 0.2) is 48.5 Å². The molecule has 1 unspecified atom stereocenters. The van der Waals surface area contributed by atoms with E-state index in [4.69, 9.17) is 26.2 Å². The molecule has 0 fully saturated rings. The summed E-state index contributed by atoms with van der Waals surface area (Å²) in [5.41, 5.74) is 0.392. The van der Waals surface area contributed by atoms with Crippen LogP contribution in [0.3, 0.4) is 0 Å². The monoisotopic (exact) mass is 739 g/mol. The zero-order valence-electron chi connectivity index (χ0n) is 24.0. The minimum Gasteiger partial charge on any atom is -0.492 e. The molecule has 2 aromatic rings. The van der Waals surface area contributed by atoms with Crippen molar-refractivity contribution in [3.05, 3.63) is 59.1 Å². The third-order valence-electron chi connectivity index (χ3n) is 6.30. The van der Waals surface area contributed by atoms with Crippen molar-refractivity contribution in [2.45, 2.75) is 55.2 Å². The van der Waals surface area contributed by atoms with E-state index >= 15 is 0 Å². The highest BCUT2D eigenvalue weighted by Gasteiger charge is 2.90. The Balaban J connectivity index is 2.35. The predicted molar refractivity (Wildman–Crippen MR) is 139 cm³/mol. The van der Waals surface area contributed by atoms with Crippen molar-refractivity contribution in [1.29, 1.82) is 0 Å². The number of carboxylic acids is 1. The Morgan fingerprint density at radius 3 is 1.85 bits per heavy atom. The molecule has 0 bridgehead atoms. The first kappa shape index (κ1) is 40.5. The Bertz CT molecular complexity index is 1410. The molecule has 0 aromatic heterocycles. The number of alkyl halides is 13. The summed E-state index contributed by atoms with van der Waals surface area (Å²) in [6, 6.07) is 9.51. The molecule has 0 saturated carbocycles. The Labute approximate surface area is 267 Å². The van der Waals surface area contributed by atoms with Gasteiger partial charge in [-0.2, -0.15) is 57.1 Å². The summed E-state index contributed by atoms with van der Waals surface area (Å²) in [5.74, 6) is -40.4. The number of carboxylic acid groups (broad SMARTS) is 1. The Kier molecular flexibility index (Phi) is 12.5. The maximum Gasteiger partial charge on any atom is 0.460 e. The van der Waals surface area contributed by atoms with E-state index in [1.54, 1.807) is 6.92 Å². The average molecular weight is 740 g/mol. The fourth-order valence-electron chi connectivity index (χ4n) is 3.69. The molecule has 21 heteroatoms. The van der Waals surface area contributed by atoms with Gasteiger partial charge in [-0.15, -0.1) is 0 Å². The molecule has 0 radical (unpaired) electrons. The SMILES string of the molecule is CCOC(Cc1ccc(OCCN(CC(F)(F)C(F)(F)C(F)(F)C(F)(F)C(F)(F)C(F)(F)F)C(=O)Oc2ccccc2Cl)cc1)C(=O)O. The molecular weight excluding hydrogens is 717 g/mol. The molecule has 7 nitrogen and oxygen atoms in total. The lowest BCUT2D eigenvalue weighted by Crippen LogP contribution is -2.71. The van der Waals surface area contributed by atoms with Crippen molar-refractivity contribution in [1.82, 2.24) is 4.90 Å². The van der Waals surface area contributed by atoms with Gasteiger partial charge >= 0.3 is 47.9 Å². The standard InChI is InChI=1S/C27H23ClF13NO6/c1-2-46-19(20(43)44)13-15-7-9-16(10-8-15)47-12-11-42(21(45)48-18-6-4-3-5-17(18)28)14-22(29,30)23(31,32)24(33,34)25(35,36)26(37,38)27(39,40)41/h3-10,19H,2,11-14H2,1H3,(H,43,44). The summed E-state index contributed by atoms with van der Waals surface area (Å²) in [4.78, 5) is 23.4. The van der Waals surface area contributed by atoms with Gasteiger partial charge in [0.05, 0.1) is 18.1 Å². The highest BCUT2D eigenvalue weighted by Crippen LogP contribution is 2.60. The van der Waals surface area contributed by atoms with E-state index < -0.39 is 84.3 Å². The summed E-state index contributed by atoms with van der Waals surface area (Å²) >= 11 is 5.76. The van der Waals surface area contributed by atoms with Crippen LogP contribution < -0.4 is 9.47 Å². The fraction of sp³-hybridized carbons (Fsp3) is 0.481. The normalized spacial score (nSPS) is 14.0. The highest BCUT2D eigenvalue weighted by atomic mass is 35.5. The van der Waals surface area contributed by atoms with E-state index in [0.29, 0.717) is 5.56 Å². The fourth-order valence-corrected chi connectivity index (χ4v) is 3.86. The van der Waals surface area contributed by atoms with Gasteiger partial charge in [-0.3, -0.25) is 4.90 Å². The molecule has 1 amide bonds. The summed E-state index contributed by atoms with van der Waals surface area (Å²) in [6.45, 7) is -3.62. The summed E-state index contributed by atoms with van der Waals surface area (Å²) in [6.07, 6.45) is -11.0. The van der Waals surface area contributed by atoms with Crippen molar-refractivity contribution < 1.29 is 86.0 Å². The molecule has 0 spiro atoms. The van der Waals surface area contributed by atoms with Crippen LogP contribution >= 0.6 is 11.6 Å². The minimum absolute atomic E-state index is 0.0681. The average Bonchev–Trinajstić information content (AvgIpc) is 2.97. The second kappa shape index (κ2) is 14.8. The van der Waals surface area contributed by atoms with Crippen LogP contribution in [-0.4, -0.2) is 90.3 Å². The van der Waals surface area contributed by atoms with Crippen LogP contribution in [0.4, 0.5) is 61.9 Å². The number of hydrogen-bond acceptors (Lipinski definition) is 5. The van der Waals surface area contributed by atoms with Crippen LogP contribution in [0.1, 0.15) is 12.5 Å². The van der Waals surface area contributed by atoms with E-state index in [2.05, 4.69) is 4.74 Å². The van der Waals surface area contributed by atoms with E-state index in [9.17, 15) is 66.7 Å². The number of aliphatic carboxylic acids is 1. The zero-order chi connectivity index (χ0) is 36.9. The van der Waals surface area contributed by atoms with Gasteiger partial charge in [0.1, 0.15) is 12.4 Å². The summed E-state index contributed by atoms with van der Waals surface area (Å²) < 4.78 is 192. The third kappa shape index (κ3) is 8.48. The molecule has 2 aromatic carbocycles. The van der Waals surface area contributed by atoms with Crippen molar-refractivity contribution in [2.24, 2.45) is 0 Å². The number of halogens is 14. The van der Waals surface area contributed by atoms with Crippen LogP contribution in [0.2, 0.25) is 5.02 Å². The molecule has 0 aliphatic heterocycles. The Hall–Kier alpha value is -3.68. The minimum atomic E-state index is -8.11. The van der Waals surface area contributed by atoms with Gasteiger partial charge in [-0.1, -0.05) is 35.9 Å². The lowest BCUT2D eigenvalue weighted by atomic mass is 9.93. The molecule has 0 aliphatic rings. The Morgan fingerprint density at radius 2 is 1.35 bits per heavy atom. The molecule has 1 atom stereocenters. The van der Waals surface area contributed by atoms with Gasteiger partial charge < -0.3 is 19.3 Å². The number of amides is 1. The lowest BCUT2D eigenvalue weighted by Gasteiger charge is -2.40. The van der Waals surface area contributed by atoms with Gasteiger partial charge in [0, 0.05) is 13.0 Å². The van der Waals surface area contributed by atoms with Gasteiger partial charge in [-0.05, 0) is 36.8 Å². The van der Waals surface area contributed by atoms with Gasteiger partial charge in [0.2, 0.25) is 0 Å². The number of nitrogens with zero attached hydrogens (tertiary/aromatic N) is 1. The van der Waals surface area contributed by atoms with Crippen molar-refractivity contribution >= 4 is 23.7 Å². The summed E-state index contributed by atoms with van der Waals surface area (Å²) in [5, 5.41) is 8.79. The van der Waals surface area contributed by atoms with Crippen molar-refractivity contribution in [3.8, 4) is 11.5 Å². The number of para-hydroxylation sites is 1. The van der Waals surface area contributed by atoms with Crippen LogP contribution in [-0.2, 0) is 16.0 Å².